The summed E-state index contributed by atoms with van der Waals surface area (Å²) in [6.07, 6.45) is 0. The van der Waals surface area contributed by atoms with Crippen molar-refractivity contribution in [2.24, 2.45) is 0 Å². The first-order valence-corrected chi connectivity index (χ1v) is 6.86. The number of hydrogen-bond donors (Lipinski definition) is 2. The Morgan fingerprint density at radius 1 is 1.48 bits per heavy atom. The van der Waals surface area contributed by atoms with Crippen LogP contribution in [0.15, 0.2) is 18.2 Å². The van der Waals surface area contributed by atoms with Gasteiger partial charge in [-0.15, -0.1) is 0 Å². The standard InChI is InChI=1S/C16H22N2O3/c1-4-18(2)10-9-17-16(20)14-7-8-15(21-3)13(12-14)6-5-11-19/h7-8,12,19H,4,9-11H2,1-3H3,(H,17,20). The van der Waals surface area contributed by atoms with E-state index in [4.69, 9.17) is 9.84 Å². The number of amides is 1. The van der Waals surface area contributed by atoms with Crippen LogP contribution in [0.25, 0.3) is 0 Å². The molecule has 0 saturated heterocycles. The SMILES string of the molecule is CCN(C)CCNC(=O)c1ccc(OC)c(C#CCO)c1. The molecule has 0 radical (unpaired) electrons. The minimum atomic E-state index is -0.233. The van der Waals surface area contributed by atoms with Crippen LogP contribution in [-0.4, -0.2) is 56.3 Å². The molecule has 5 nitrogen and oxygen atoms in total. The molecule has 0 aliphatic rings. The van der Waals surface area contributed by atoms with Gasteiger partial charge < -0.3 is 20.1 Å². The second-order valence-electron chi connectivity index (χ2n) is 4.53. The maximum atomic E-state index is 12.1. The zero-order valence-electron chi connectivity index (χ0n) is 12.8. The number of benzene rings is 1. The highest BCUT2D eigenvalue weighted by Crippen LogP contribution is 2.18. The Balaban J connectivity index is 2.76. The molecule has 0 atom stereocenters. The third-order valence-corrected chi connectivity index (χ3v) is 3.08. The number of carbonyl (C=O) groups is 1. The van der Waals surface area contributed by atoms with Crippen molar-refractivity contribution in [3.8, 4) is 17.6 Å². The Morgan fingerprint density at radius 2 is 2.24 bits per heavy atom. The van der Waals surface area contributed by atoms with Gasteiger partial charge in [0.2, 0.25) is 0 Å². The molecule has 0 heterocycles. The van der Waals surface area contributed by atoms with Crippen LogP contribution in [0, 0.1) is 11.8 Å². The number of methoxy groups -OCH3 is 1. The quantitative estimate of drug-likeness (QED) is 0.758. The summed E-state index contributed by atoms with van der Waals surface area (Å²) in [6, 6.07) is 5.07. The van der Waals surface area contributed by atoms with E-state index >= 15 is 0 Å². The summed E-state index contributed by atoms with van der Waals surface area (Å²) in [5.41, 5.74) is 1.11. The van der Waals surface area contributed by atoms with Crippen LogP contribution in [0.5, 0.6) is 5.75 Å². The van der Waals surface area contributed by atoms with E-state index in [2.05, 4.69) is 29.0 Å². The van der Waals surface area contributed by atoms with E-state index in [1.807, 2.05) is 7.05 Å². The van der Waals surface area contributed by atoms with Gasteiger partial charge in [0.15, 0.2) is 0 Å². The number of rotatable bonds is 6. The monoisotopic (exact) mass is 290 g/mol. The largest absolute Gasteiger partial charge is 0.495 e. The Bertz CT molecular complexity index is 532. The van der Waals surface area contributed by atoms with Crippen molar-refractivity contribution >= 4 is 5.91 Å². The first-order chi connectivity index (χ1) is 10.1. The molecule has 0 spiro atoms. The summed E-state index contributed by atoms with van der Waals surface area (Å²) in [7, 11) is 3.54. The second kappa shape index (κ2) is 9.01. The van der Waals surface area contributed by atoms with Gasteiger partial charge in [0, 0.05) is 18.7 Å². The van der Waals surface area contributed by atoms with E-state index in [0.717, 1.165) is 13.1 Å². The summed E-state index contributed by atoms with van der Waals surface area (Å²) in [5.74, 6) is 5.78. The number of likely N-dealkylation sites (N-methyl/N-ethyl adjacent to an activating group) is 1. The molecule has 0 bridgehead atoms. The number of nitrogens with one attached hydrogen (secondary N) is 1. The fourth-order valence-corrected chi connectivity index (χ4v) is 1.70. The van der Waals surface area contributed by atoms with Gasteiger partial charge in [0.1, 0.15) is 12.4 Å². The third-order valence-electron chi connectivity index (χ3n) is 3.08. The van der Waals surface area contributed by atoms with Crippen LogP contribution in [0.4, 0.5) is 0 Å². The zero-order chi connectivity index (χ0) is 15.7. The molecule has 0 unspecified atom stereocenters. The van der Waals surface area contributed by atoms with Gasteiger partial charge in [0.25, 0.3) is 5.91 Å². The molecular formula is C16H22N2O3. The average molecular weight is 290 g/mol. The van der Waals surface area contributed by atoms with Crippen molar-refractivity contribution in [1.29, 1.82) is 0 Å². The summed E-state index contributed by atoms with van der Waals surface area (Å²) in [4.78, 5) is 14.2. The van der Waals surface area contributed by atoms with Gasteiger partial charge in [-0.25, -0.2) is 0 Å². The maximum absolute atomic E-state index is 12.1. The predicted octanol–water partition coefficient (Wildman–Crippen LogP) is 0.721. The van der Waals surface area contributed by atoms with Gasteiger partial charge in [-0.2, -0.15) is 0 Å². The number of carbonyl (C=O) groups excluding carboxylic acids is 1. The minimum Gasteiger partial charge on any atom is -0.495 e. The van der Waals surface area contributed by atoms with E-state index in [1.54, 1.807) is 25.3 Å². The summed E-state index contributed by atoms with van der Waals surface area (Å²) >= 11 is 0. The predicted molar refractivity (Wildman–Crippen MR) is 82.5 cm³/mol. The molecule has 0 aliphatic carbocycles. The molecule has 1 aromatic carbocycles. The summed E-state index contributed by atoms with van der Waals surface area (Å²) in [6.45, 7) is 4.17. The van der Waals surface area contributed by atoms with E-state index in [9.17, 15) is 4.79 Å². The summed E-state index contributed by atoms with van der Waals surface area (Å²) < 4.78 is 5.18. The fourth-order valence-electron chi connectivity index (χ4n) is 1.70. The maximum Gasteiger partial charge on any atom is 0.251 e. The highest BCUT2D eigenvalue weighted by Gasteiger charge is 2.09. The smallest absolute Gasteiger partial charge is 0.251 e. The molecule has 1 rings (SSSR count). The number of hydrogen-bond acceptors (Lipinski definition) is 4. The van der Waals surface area contributed by atoms with Crippen LogP contribution >= 0.6 is 0 Å². The molecule has 1 amide bonds. The number of aliphatic hydroxyl groups is 1. The third kappa shape index (κ3) is 5.46. The van der Waals surface area contributed by atoms with Crippen LogP contribution in [-0.2, 0) is 0 Å². The molecule has 21 heavy (non-hydrogen) atoms. The van der Waals surface area contributed by atoms with Crippen molar-refractivity contribution in [3.05, 3.63) is 29.3 Å². The lowest BCUT2D eigenvalue weighted by atomic mass is 10.1. The Hall–Kier alpha value is -2.03. The molecule has 0 aromatic heterocycles. The van der Waals surface area contributed by atoms with Crippen LogP contribution in [0.1, 0.15) is 22.8 Å². The Labute approximate surface area is 125 Å². The zero-order valence-corrected chi connectivity index (χ0v) is 12.8. The first kappa shape index (κ1) is 17.0. The van der Waals surface area contributed by atoms with Crippen molar-refractivity contribution in [3.63, 3.8) is 0 Å². The molecule has 1 aromatic rings. The fraction of sp³-hybridized carbons (Fsp3) is 0.438. The Morgan fingerprint density at radius 3 is 2.86 bits per heavy atom. The van der Waals surface area contributed by atoms with Crippen LogP contribution < -0.4 is 10.1 Å². The number of ether oxygens (including phenoxy) is 1. The first-order valence-electron chi connectivity index (χ1n) is 6.86. The number of nitrogens with zero attached hydrogens (tertiary/aromatic N) is 1. The average Bonchev–Trinajstić information content (AvgIpc) is 2.52. The molecule has 2 N–H and O–H groups in total. The van der Waals surface area contributed by atoms with Crippen molar-refractivity contribution in [2.45, 2.75) is 6.92 Å². The van der Waals surface area contributed by atoms with Gasteiger partial charge in [-0.05, 0) is 31.8 Å². The van der Waals surface area contributed by atoms with Gasteiger partial charge in [0.05, 0.1) is 12.7 Å². The van der Waals surface area contributed by atoms with E-state index in [0.29, 0.717) is 23.4 Å². The molecule has 114 valence electrons. The lowest BCUT2D eigenvalue weighted by Crippen LogP contribution is -2.32. The van der Waals surface area contributed by atoms with E-state index < -0.39 is 0 Å². The van der Waals surface area contributed by atoms with Gasteiger partial charge in [-0.3, -0.25) is 4.79 Å². The van der Waals surface area contributed by atoms with Crippen molar-refractivity contribution < 1.29 is 14.6 Å². The molecule has 0 aliphatic heterocycles. The Kier molecular flexibility index (Phi) is 7.30. The molecular weight excluding hydrogens is 268 g/mol. The molecule has 0 saturated carbocycles. The second-order valence-corrected chi connectivity index (χ2v) is 4.53. The molecule has 0 fully saturated rings. The van der Waals surface area contributed by atoms with Gasteiger partial charge >= 0.3 is 0 Å². The van der Waals surface area contributed by atoms with Gasteiger partial charge in [-0.1, -0.05) is 18.8 Å². The molecule has 5 heteroatoms. The van der Waals surface area contributed by atoms with Crippen molar-refractivity contribution in [2.75, 3.05) is 40.4 Å². The highest BCUT2D eigenvalue weighted by molar-refractivity contribution is 5.94. The van der Waals surface area contributed by atoms with E-state index in [-0.39, 0.29) is 12.5 Å². The number of aliphatic hydroxyl groups excluding tert-OH is 1. The normalized spacial score (nSPS) is 9.95. The minimum absolute atomic E-state index is 0.144. The topological polar surface area (TPSA) is 61.8 Å². The van der Waals surface area contributed by atoms with Crippen LogP contribution in [0.2, 0.25) is 0 Å². The highest BCUT2D eigenvalue weighted by atomic mass is 16.5. The van der Waals surface area contributed by atoms with Crippen LogP contribution in [0.3, 0.4) is 0 Å². The lowest BCUT2D eigenvalue weighted by molar-refractivity contribution is 0.0950. The van der Waals surface area contributed by atoms with Crippen molar-refractivity contribution in [1.82, 2.24) is 10.2 Å². The lowest BCUT2D eigenvalue weighted by Gasteiger charge is -2.14. The summed E-state index contributed by atoms with van der Waals surface area (Å²) in [5, 5.41) is 11.6. The van der Waals surface area contributed by atoms with E-state index in [1.165, 1.54) is 0 Å².